The molecular formula is C12H20N2S. The molecule has 2 nitrogen and oxygen atoms in total. The molecule has 0 bridgehead atoms. The summed E-state index contributed by atoms with van der Waals surface area (Å²) in [6.07, 6.45) is 6.67. The number of hydrogen-bond acceptors (Lipinski definition) is 3. The maximum Gasteiger partial charge on any atom is 0.0943 e. The second kappa shape index (κ2) is 5.08. The van der Waals surface area contributed by atoms with E-state index in [-0.39, 0.29) is 0 Å². The second-order valence-corrected chi connectivity index (χ2v) is 5.51. The molecule has 1 fully saturated rings. The lowest BCUT2D eigenvalue weighted by Gasteiger charge is -2.05. The Morgan fingerprint density at radius 1 is 1.40 bits per heavy atom. The van der Waals surface area contributed by atoms with Crippen LogP contribution in [0.2, 0.25) is 0 Å². The van der Waals surface area contributed by atoms with Gasteiger partial charge in [-0.25, -0.2) is 4.98 Å². The Kier molecular flexibility index (Phi) is 3.76. The zero-order chi connectivity index (χ0) is 10.7. The molecule has 1 aliphatic rings. The molecule has 1 aromatic rings. The molecule has 1 heterocycles. The summed E-state index contributed by atoms with van der Waals surface area (Å²) in [6, 6.07) is 0. The van der Waals surface area contributed by atoms with Crippen LogP contribution >= 0.6 is 11.3 Å². The first-order chi connectivity index (χ1) is 7.31. The lowest BCUT2D eigenvalue weighted by Crippen LogP contribution is -2.09. The van der Waals surface area contributed by atoms with Gasteiger partial charge in [0.15, 0.2) is 0 Å². The van der Waals surface area contributed by atoms with Gasteiger partial charge in [-0.15, -0.1) is 11.3 Å². The standard InChI is InChI=1S/C12H20N2S/c1-9-12(10-5-3-4-6-10)15-11(14-9)7-8-13-2/h10,13H,3-8H2,1-2H3. The Balaban J connectivity index is 2.06. The topological polar surface area (TPSA) is 24.9 Å². The van der Waals surface area contributed by atoms with Crippen molar-refractivity contribution in [1.29, 1.82) is 0 Å². The molecule has 3 heteroatoms. The summed E-state index contributed by atoms with van der Waals surface area (Å²) in [5, 5.41) is 4.49. The zero-order valence-corrected chi connectivity index (χ0v) is 10.5. The number of nitrogens with zero attached hydrogens (tertiary/aromatic N) is 1. The summed E-state index contributed by atoms with van der Waals surface area (Å²) in [5.41, 5.74) is 1.29. The molecule has 0 spiro atoms. The van der Waals surface area contributed by atoms with Crippen molar-refractivity contribution in [2.24, 2.45) is 0 Å². The number of aromatic nitrogens is 1. The van der Waals surface area contributed by atoms with E-state index in [9.17, 15) is 0 Å². The van der Waals surface area contributed by atoms with Crippen molar-refractivity contribution in [2.75, 3.05) is 13.6 Å². The summed E-state index contributed by atoms with van der Waals surface area (Å²) in [6.45, 7) is 3.21. The third-order valence-corrected chi connectivity index (χ3v) is 4.57. The predicted octanol–water partition coefficient (Wildman–Crippen LogP) is 2.87. The fourth-order valence-electron chi connectivity index (χ4n) is 2.37. The molecule has 1 aromatic heterocycles. The van der Waals surface area contributed by atoms with E-state index in [2.05, 4.69) is 17.2 Å². The number of rotatable bonds is 4. The van der Waals surface area contributed by atoms with Gasteiger partial charge in [-0.3, -0.25) is 0 Å². The molecule has 0 unspecified atom stereocenters. The Morgan fingerprint density at radius 2 is 2.13 bits per heavy atom. The molecule has 1 aliphatic carbocycles. The van der Waals surface area contributed by atoms with Gasteiger partial charge in [0.1, 0.15) is 0 Å². The number of nitrogens with one attached hydrogen (secondary N) is 1. The maximum atomic E-state index is 4.67. The van der Waals surface area contributed by atoms with E-state index >= 15 is 0 Å². The highest BCUT2D eigenvalue weighted by molar-refractivity contribution is 7.11. The summed E-state index contributed by atoms with van der Waals surface area (Å²) >= 11 is 1.95. The SMILES string of the molecule is CNCCc1nc(C)c(C2CCCC2)s1. The van der Waals surface area contributed by atoms with Gasteiger partial charge in [0.05, 0.1) is 10.7 Å². The van der Waals surface area contributed by atoms with Crippen LogP contribution in [0.1, 0.15) is 47.2 Å². The maximum absolute atomic E-state index is 4.67. The Bertz CT molecular complexity index is 313. The van der Waals surface area contributed by atoms with Gasteiger partial charge in [0.25, 0.3) is 0 Å². The average Bonchev–Trinajstić information content (AvgIpc) is 2.83. The van der Waals surface area contributed by atoms with Crippen molar-refractivity contribution >= 4 is 11.3 Å². The van der Waals surface area contributed by atoms with Crippen LogP contribution in [-0.2, 0) is 6.42 Å². The minimum Gasteiger partial charge on any atom is -0.319 e. The fraction of sp³-hybridized carbons (Fsp3) is 0.750. The third-order valence-electron chi connectivity index (χ3n) is 3.19. The van der Waals surface area contributed by atoms with Crippen LogP contribution in [0, 0.1) is 6.92 Å². The molecule has 0 atom stereocenters. The number of thiazole rings is 1. The minimum atomic E-state index is 0.825. The summed E-state index contributed by atoms with van der Waals surface area (Å²) in [7, 11) is 2.00. The molecule has 1 N–H and O–H groups in total. The van der Waals surface area contributed by atoms with E-state index in [1.54, 1.807) is 4.88 Å². The summed E-state index contributed by atoms with van der Waals surface area (Å²) in [4.78, 5) is 6.24. The third kappa shape index (κ3) is 2.58. The average molecular weight is 224 g/mol. The van der Waals surface area contributed by atoms with Crippen molar-refractivity contribution in [3.63, 3.8) is 0 Å². The van der Waals surface area contributed by atoms with E-state index in [0.717, 1.165) is 18.9 Å². The molecule has 84 valence electrons. The van der Waals surface area contributed by atoms with Crippen molar-refractivity contribution in [3.05, 3.63) is 15.6 Å². The van der Waals surface area contributed by atoms with Gasteiger partial charge >= 0.3 is 0 Å². The molecule has 1 saturated carbocycles. The van der Waals surface area contributed by atoms with Gasteiger partial charge in [-0.2, -0.15) is 0 Å². The quantitative estimate of drug-likeness (QED) is 0.850. The van der Waals surface area contributed by atoms with Crippen LogP contribution in [0.5, 0.6) is 0 Å². The fourth-order valence-corrected chi connectivity index (χ4v) is 3.61. The summed E-state index contributed by atoms with van der Waals surface area (Å²) in [5.74, 6) is 0.825. The lowest BCUT2D eigenvalue weighted by molar-refractivity contribution is 0.729. The van der Waals surface area contributed by atoms with Crippen molar-refractivity contribution in [2.45, 2.75) is 44.9 Å². The lowest BCUT2D eigenvalue weighted by atomic mass is 10.1. The van der Waals surface area contributed by atoms with E-state index in [1.165, 1.54) is 36.4 Å². The summed E-state index contributed by atoms with van der Waals surface area (Å²) < 4.78 is 0. The Morgan fingerprint density at radius 3 is 2.80 bits per heavy atom. The van der Waals surface area contributed by atoms with Crippen LogP contribution in [0.3, 0.4) is 0 Å². The van der Waals surface area contributed by atoms with E-state index < -0.39 is 0 Å². The van der Waals surface area contributed by atoms with Crippen LogP contribution in [0.25, 0.3) is 0 Å². The highest BCUT2D eigenvalue weighted by Crippen LogP contribution is 2.38. The Labute approximate surface area is 96.1 Å². The number of aryl methyl sites for hydroxylation is 1. The first-order valence-corrected chi connectivity index (χ1v) is 6.73. The van der Waals surface area contributed by atoms with Gasteiger partial charge in [0, 0.05) is 17.8 Å². The molecule has 0 saturated heterocycles. The number of likely N-dealkylation sites (N-methyl/N-ethyl adjacent to an activating group) is 1. The van der Waals surface area contributed by atoms with Crippen LogP contribution in [0.4, 0.5) is 0 Å². The van der Waals surface area contributed by atoms with Gasteiger partial charge in [0.2, 0.25) is 0 Å². The molecule has 0 aromatic carbocycles. The Hall–Kier alpha value is -0.410. The highest BCUT2D eigenvalue weighted by Gasteiger charge is 2.21. The van der Waals surface area contributed by atoms with Crippen LogP contribution in [-0.4, -0.2) is 18.6 Å². The first kappa shape index (κ1) is 11.1. The molecule has 0 amide bonds. The number of hydrogen-bond donors (Lipinski definition) is 1. The van der Waals surface area contributed by atoms with E-state index in [4.69, 9.17) is 0 Å². The van der Waals surface area contributed by atoms with Crippen LogP contribution in [0.15, 0.2) is 0 Å². The van der Waals surface area contributed by atoms with Crippen molar-refractivity contribution in [1.82, 2.24) is 10.3 Å². The monoisotopic (exact) mass is 224 g/mol. The van der Waals surface area contributed by atoms with Gasteiger partial charge in [-0.1, -0.05) is 12.8 Å². The van der Waals surface area contributed by atoms with Crippen LogP contribution < -0.4 is 5.32 Å². The molecular weight excluding hydrogens is 204 g/mol. The molecule has 0 radical (unpaired) electrons. The second-order valence-electron chi connectivity index (χ2n) is 4.39. The highest BCUT2D eigenvalue weighted by atomic mass is 32.1. The van der Waals surface area contributed by atoms with Crippen molar-refractivity contribution in [3.8, 4) is 0 Å². The predicted molar refractivity (Wildman–Crippen MR) is 65.7 cm³/mol. The zero-order valence-electron chi connectivity index (χ0n) is 9.68. The minimum absolute atomic E-state index is 0.825. The largest absolute Gasteiger partial charge is 0.319 e. The van der Waals surface area contributed by atoms with E-state index in [1.807, 2.05) is 18.4 Å². The first-order valence-electron chi connectivity index (χ1n) is 5.92. The van der Waals surface area contributed by atoms with Crippen molar-refractivity contribution < 1.29 is 0 Å². The molecule has 0 aliphatic heterocycles. The smallest absolute Gasteiger partial charge is 0.0943 e. The van der Waals surface area contributed by atoms with E-state index in [0.29, 0.717) is 0 Å². The molecule has 15 heavy (non-hydrogen) atoms. The molecule has 2 rings (SSSR count). The van der Waals surface area contributed by atoms with Gasteiger partial charge in [-0.05, 0) is 32.7 Å². The normalized spacial score (nSPS) is 17.5. The van der Waals surface area contributed by atoms with Gasteiger partial charge < -0.3 is 5.32 Å².